The number of hydrogen-bond donors (Lipinski definition) is 0. The van der Waals surface area contributed by atoms with Crippen LogP contribution in [0, 0.1) is 3.57 Å². The molecule has 82 valence electrons. The summed E-state index contributed by atoms with van der Waals surface area (Å²) in [6, 6.07) is 0. The Morgan fingerprint density at radius 1 is 1.67 bits per heavy atom. The van der Waals surface area contributed by atoms with Crippen molar-refractivity contribution in [2.45, 2.75) is 6.92 Å². The quantitative estimate of drug-likeness (QED) is 0.626. The van der Waals surface area contributed by atoms with Crippen molar-refractivity contribution in [1.82, 2.24) is 4.98 Å². The zero-order chi connectivity index (χ0) is 11.4. The summed E-state index contributed by atoms with van der Waals surface area (Å²) in [6.45, 7) is 2.03. The van der Waals surface area contributed by atoms with E-state index < -0.39 is 5.97 Å². The zero-order valence-corrected chi connectivity index (χ0v) is 11.1. The fourth-order valence-corrected chi connectivity index (χ4v) is 1.80. The molecule has 0 N–H and O–H groups in total. The first-order valence-corrected chi connectivity index (χ1v) is 5.62. The van der Waals surface area contributed by atoms with Gasteiger partial charge in [0, 0.05) is 6.20 Å². The van der Waals surface area contributed by atoms with Crippen LogP contribution in [0.15, 0.2) is 6.20 Å². The van der Waals surface area contributed by atoms with Gasteiger partial charge in [0.2, 0.25) is 5.88 Å². The Labute approximate surface area is 106 Å². The average Bonchev–Trinajstić information content (AvgIpc) is 2.22. The number of ether oxygens (including phenoxy) is 2. The minimum Gasteiger partial charge on any atom is -0.480 e. The lowest BCUT2D eigenvalue weighted by atomic mass is 10.3. The maximum Gasteiger partial charge on any atom is 0.341 e. The maximum atomic E-state index is 11.4. The molecule has 0 saturated carbocycles. The first-order valence-electron chi connectivity index (χ1n) is 4.16. The van der Waals surface area contributed by atoms with Crippen molar-refractivity contribution in [2.24, 2.45) is 0 Å². The second-order valence-electron chi connectivity index (χ2n) is 2.53. The lowest BCUT2D eigenvalue weighted by Gasteiger charge is -2.07. The van der Waals surface area contributed by atoms with E-state index in [0.717, 1.165) is 0 Å². The van der Waals surface area contributed by atoms with Gasteiger partial charge in [0.05, 0.1) is 27.9 Å². The molecule has 6 heteroatoms. The lowest BCUT2D eigenvalue weighted by Crippen LogP contribution is -2.07. The number of hydrogen-bond acceptors (Lipinski definition) is 4. The molecular weight excluding hydrogens is 332 g/mol. The highest BCUT2D eigenvalue weighted by atomic mass is 127. The van der Waals surface area contributed by atoms with Crippen LogP contribution in [0.1, 0.15) is 17.3 Å². The third-order valence-corrected chi connectivity index (χ3v) is 3.33. The highest BCUT2D eigenvalue weighted by molar-refractivity contribution is 14.1. The van der Waals surface area contributed by atoms with E-state index in [9.17, 15) is 4.79 Å². The molecule has 0 aliphatic heterocycles. The summed E-state index contributed by atoms with van der Waals surface area (Å²) >= 11 is 7.94. The van der Waals surface area contributed by atoms with E-state index in [-0.39, 0.29) is 5.56 Å². The van der Waals surface area contributed by atoms with Crippen LogP contribution in [0.25, 0.3) is 0 Å². The first kappa shape index (κ1) is 12.5. The van der Waals surface area contributed by atoms with Crippen LogP contribution in [-0.4, -0.2) is 24.7 Å². The van der Waals surface area contributed by atoms with Crippen molar-refractivity contribution in [2.75, 3.05) is 13.7 Å². The van der Waals surface area contributed by atoms with Crippen LogP contribution in [0.5, 0.6) is 5.88 Å². The minimum absolute atomic E-state index is 0.253. The van der Waals surface area contributed by atoms with Crippen molar-refractivity contribution >= 4 is 40.2 Å². The Morgan fingerprint density at radius 3 is 2.87 bits per heavy atom. The van der Waals surface area contributed by atoms with Crippen molar-refractivity contribution in [3.8, 4) is 5.88 Å². The third kappa shape index (κ3) is 2.72. The topological polar surface area (TPSA) is 48.4 Å². The van der Waals surface area contributed by atoms with Crippen LogP contribution < -0.4 is 4.74 Å². The summed E-state index contributed by atoms with van der Waals surface area (Å²) in [7, 11) is 1.49. The van der Waals surface area contributed by atoms with E-state index in [1.54, 1.807) is 6.92 Å². The smallest absolute Gasteiger partial charge is 0.341 e. The van der Waals surface area contributed by atoms with E-state index in [0.29, 0.717) is 21.1 Å². The number of aromatic nitrogens is 1. The van der Waals surface area contributed by atoms with Crippen LogP contribution in [0.3, 0.4) is 0 Å². The summed E-state index contributed by atoms with van der Waals surface area (Å²) in [5.74, 6) is -0.0794. The molecule has 0 fully saturated rings. The van der Waals surface area contributed by atoms with Crippen molar-refractivity contribution < 1.29 is 14.3 Å². The summed E-state index contributed by atoms with van der Waals surface area (Å²) in [4.78, 5) is 15.4. The minimum atomic E-state index is -0.476. The Kier molecular flexibility index (Phi) is 4.59. The second kappa shape index (κ2) is 5.50. The number of rotatable bonds is 3. The number of methoxy groups -OCH3 is 1. The fraction of sp³-hybridized carbons (Fsp3) is 0.333. The van der Waals surface area contributed by atoms with Gasteiger partial charge in [-0.05, 0) is 29.5 Å². The molecule has 15 heavy (non-hydrogen) atoms. The molecule has 0 unspecified atom stereocenters. The molecule has 0 aliphatic carbocycles. The van der Waals surface area contributed by atoms with Gasteiger partial charge in [0.25, 0.3) is 0 Å². The molecule has 1 rings (SSSR count). The molecule has 0 aliphatic rings. The average molecular weight is 342 g/mol. The monoisotopic (exact) mass is 341 g/mol. The molecule has 0 saturated heterocycles. The molecule has 0 bridgehead atoms. The molecule has 1 aromatic rings. The van der Waals surface area contributed by atoms with Gasteiger partial charge in [-0.1, -0.05) is 11.6 Å². The third-order valence-electron chi connectivity index (χ3n) is 1.62. The van der Waals surface area contributed by atoms with E-state index in [4.69, 9.17) is 21.1 Å². The highest BCUT2D eigenvalue weighted by Crippen LogP contribution is 2.29. The number of carbonyl (C=O) groups is 1. The van der Waals surface area contributed by atoms with Gasteiger partial charge in [0.1, 0.15) is 0 Å². The molecule has 0 spiro atoms. The molecule has 0 atom stereocenters. The zero-order valence-electron chi connectivity index (χ0n) is 8.21. The molecule has 0 aromatic carbocycles. The van der Waals surface area contributed by atoms with Gasteiger partial charge in [-0.25, -0.2) is 9.78 Å². The number of halogens is 2. The second-order valence-corrected chi connectivity index (χ2v) is 3.99. The standard InChI is InChI=1S/C9H9ClINO3/c1-3-15-9(13)5-4-12-8(14-2)7(11)6(5)10/h4H,3H2,1-2H3. The van der Waals surface area contributed by atoms with Crippen molar-refractivity contribution in [3.63, 3.8) is 0 Å². The van der Waals surface area contributed by atoms with Gasteiger partial charge in [-0.3, -0.25) is 0 Å². The largest absolute Gasteiger partial charge is 0.480 e. The summed E-state index contributed by atoms with van der Waals surface area (Å²) in [6.07, 6.45) is 1.35. The summed E-state index contributed by atoms with van der Waals surface area (Å²) < 4.78 is 10.4. The van der Waals surface area contributed by atoms with Crippen LogP contribution >= 0.6 is 34.2 Å². The normalized spacial score (nSPS) is 9.87. The van der Waals surface area contributed by atoms with Crippen molar-refractivity contribution in [3.05, 3.63) is 20.4 Å². The predicted molar refractivity (Wildman–Crippen MR) is 64.5 cm³/mol. The van der Waals surface area contributed by atoms with E-state index in [1.807, 2.05) is 22.6 Å². The molecule has 1 heterocycles. The SMILES string of the molecule is CCOC(=O)c1cnc(OC)c(I)c1Cl. The lowest BCUT2D eigenvalue weighted by molar-refractivity contribution is 0.0526. The molecule has 0 amide bonds. The number of carbonyl (C=O) groups excluding carboxylic acids is 1. The van der Waals surface area contributed by atoms with Gasteiger partial charge >= 0.3 is 5.97 Å². The maximum absolute atomic E-state index is 11.4. The Bertz CT molecular complexity index is 384. The van der Waals surface area contributed by atoms with Crippen LogP contribution in [-0.2, 0) is 4.74 Å². The summed E-state index contributed by atoms with van der Waals surface area (Å²) in [5, 5.41) is 0.306. The number of pyridine rings is 1. The number of esters is 1. The van der Waals surface area contributed by atoms with Gasteiger partial charge in [-0.15, -0.1) is 0 Å². The van der Waals surface area contributed by atoms with Crippen LogP contribution in [0.2, 0.25) is 5.02 Å². The van der Waals surface area contributed by atoms with E-state index in [2.05, 4.69) is 4.98 Å². The molecule has 1 aromatic heterocycles. The van der Waals surface area contributed by atoms with E-state index >= 15 is 0 Å². The first-order chi connectivity index (χ1) is 7.11. The molecule has 4 nitrogen and oxygen atoms in total. The molecular formula is C9H9ClINO3. The van der Waals surface area contributed by atoms with Gasteiger partial charge in [-0.2, -0.15) is 0 Å². The molecule has 0 radical (unpaired) electrons. The van der Waals surface area contributed by atoms with Crippen molar-refractivity contribution in [1.29, 1.82) is 0 Å². The fourth-order valence-electron chi connectivity index (χ4n) is 0.942. The van der Waals surface area contributed by atoms with E-state index in [1.165, 1.54) is 13.3 Å². The van der Waals surface area contributed by atoms with Gasteiger partial charge in [0.15, 0.2) is 0 Å². The predicted octanol–water partition coefficient (Wildman–Crippen LogP) is 2.52. The highest BCUT2D eigenvalue weighted by Gasteiger charge is 2.17. The Balaban J connectivity index is 3.11. The summed E-state index contributed by atoms with van der Waals surface area (Å²) in [5.41, 5.74) is 0.253. The number of nitrogens with zero attached hydrogens (tertiary/aromatic N) is 1. The Hall–Kier alpha value is -0.560. The van der Waals surface area contributed by atoms with Crippen LogP contribution in [0.4, 0.5) is 0 Å². The Morgan fingerprint density at radius 2 is 2.33 bits per heavy atom. The van der Waals surface area contributed by atoms with Gasteiger partial charge < -0.3 is 9.47 Å².